The van der Waals surface area contributed by atoms with Crippen molar-refractivity contribution in [3.63, 3.8) is 0 Å². The molecular weight excluding hydrogens is 584 g/mol. The number of hydrogen-bond acceptors (Lipinski definition) is 10. The number of hydrogen-bond donors (Lipinski definition) is 3. The highest BCUT2D eigenvalue weighted by Gasteiger charge is 2.26. The highest BCUT2D eigenvalue weighted by atomic mass is 16.5. The summed E-state index contributed by atoms with van der Waals surface area (Å²) in [6, 6.07) is 9.69. The Morgan fingerprint density at radius 2 is 2.11 bits per heavy atom. The molecule has 46 heavy (non-hydrogen) atoms. The lowest BCUT2D eigenvalue weighted by atomic mass is 10.1. The van der Waals surface area contributed by atoms with Gasteiger partial charge in [0.25, 0.3) is 0 Å². The number of aromatic amines is 1. The number of nitrogens with zero attached hydrogens (tertiary/aromatic N) is 7. The van der Waals surface area contributed by atoms with Crippen LogP contribution in [0.3, 0.4) is 0 Å². The smallest absolute Gasteiger partial charge is 0.238 e. The van der Waals surface area contributed by atoms with E-state index in [1.54, 1.807) is 17.2 Å². The lowest BCUT2D eigenvalue weighted by Crippen LogP contribution is -2.33. The molecule has 0 bridgehead atoms. The quantitative estimate of drug-likeness (QED) is 0.217. The van der Waals surface area contributed by atoms with Crippen LogP contribution in [0.2, 0.25) is 0 Å². The second kappa shape index (κ2) is 12.7. The van der Waals surface area contributed by atoms with Gasteiger partial charge in [-0.3, -0.25) is 14.4 Å². The molecule has 6 heterocycles. The Kier molecular flexibility index (Phi) is 8.16. The molecule has 13 heteroatoms. The van der Waals surface area contributed by atoms with Crippen LogP contribution in [0.1, 0.15) is 29.8 Å². The average Bonchev–Trinajstić information content (AvgIpc) is 3.77. The van der Waals surface area contributed by atoms with Crippen molar-refractivity contribution >= 4 is 39.8 Å². The first-order chi connectivity index (χ1) is 22.4. The first-order valence-corrected chi connectivity index (χ1v) is 15.4. The molecule has 1 saturated heterocycles. The van der Waals surface area contributed by atoms with Crippen LogP contribution in [-0.2, 0) is 16.6 Å². The number of amides is 1. The van der Waals surface area contributed by atoms with E-state index in [0.29, 0.717) is 43.1 Å². The number of likely N-dealkylation sites (tertiary alicyclic amines) is 1. The Morgan fingerprint density at radius 3 is 2.93 bits per heavy atom. The number of H-pyrrole nitrogens is 1. The molecule has 3 N–H and O–H groups in total. The van der Waals surface area contributed by atoms with Crippen LogP contribution < -0.4 is 15.4 Å². The molecule has 13 nitrogen and oxygen atoms in total. The summed E-state index contributed by atoms with van der Waals surface area (Å²) in [4.78, 5) is 36.6. The van der Waals surface area contributed by atoms with Gasteiger partial charge in [-0.15, -0.1) is 0 Å². The summed E-state index contributed by atoms with van der Waals surface area (Å²) in [6.45, 7) is 6.92. The molecule has 5 aromatic rings. The zero-order valence-electron chi connectivity index (χ0n) is 26.1. The van der Waals surface area contributed by atoms with Crippen LogP contribution in [0.5, 0.6) is 5.88 Å². The van der Waals surface area contributed by atoms with Gasteiger partial charge in [-0.05, 0) is 43.9 Å². The highest BCUT2D eigenvalue weighted by molar-refractivity contribution is 6.06. The number of aromatic nitrogens is 7. The minimum Gasteiger partial charge on any atom is -0.473 e. The third-order valence-electron chi connectivity index (χ3n) is 8.39. The Hall–Kier alpha value is -5.14. The van der Waals surface area contributed by atoms with Gasteiger partial charge in [-0.2, -0.15) is 5.10 Å². The number of carbonyl (C=O) groups excluding carboxylic acids is 1. The first-order valence-electron chi connectivity index (χ1n) is 15.4. The number of nitrogens with one attached hydrogen (secondary N) is 3. The fourth-order valence-corrected chi connectivity index (χ4v) is 5.91. The molecule has 1 aromatic carbocycles. The molecule has 1 amide bonds. The maximum Gasteiger partial charge on any atom is 0.238 e. The Bertz CT molecular complexity index is 1910. The van der Waals surface area contributed by atoms with E-state index in [4.69, 9.17) is 14.5 Å². The summed E-state index contributed by atoms with van der Waals surface area (Å²) in [7, 11) is 1.89. The van der Waals surface area contributed by atoms with Gasteiger partial charge >= 0.3 is 0 Å². The molecular formula is C33H36N10O3. The van der Waals surface area contributed by atoms with Crippen LogP contribution in [0.4, 0.5) is 17.5 Å². The standard InChI is InChI=1S/C33H36N10O3/c1-20-15-35-33(39-28-13-21(2)42(3)41-28)40-31(20)25-16-34-32-24(25)5-4-6-26(32)38-29(44)18-43-10-7-23(17-43)46-30-14-27(36-19-37-30)22-8-11-45-12-9-22/h4-6,8,13-16,19,23,34H,7,9-12,17-18H2,1-3H3,(H,38,44)(H,35,39,40,41). The van der Waals surface area contributed by atoms with Crippen LogP contribution in [0, 0.1) is 13.8 Å². The van der Waals surface area contributed by atoms with Gasteiger partial charge in [-0.1, -0.05) is 18.2 Å². The summed E-state index contributed by atoms with van der Waals surface area (Å²) in [5, 5.41) is 11.7. The molecule has 1 atom stereocenters. The van der Waals surface area contributed by atoms with Crippen LogP contribution in [0.15, 0.2) is 55.1 Å². The van der Waals surface area contributed by atoms with Gasteiger partial charge in [0.15, 0.2) is 5.82 Å². The number of ether oxygens (including phenoxy) is 2. The van der Waals surface area contributed by atoms with Crippen molar-refractivity contribution in [2.75, 3.05) is 43.5 Å². The van der Waals surface area contributed by atoms with E-state index < -0.39 is 0 Å². The fraction of sp³-hybridized carbons (Fsp3) is 0.333. The lowest BCUT2D eigenvalue weighted by molar-refractivity contribution is -0.117. The van der Waals surface area contributed by atoms with Crippen molar-refractivity contribution in [2.45, 2.75) is 32.8 Å². The number of aryl methyl sites for hydroxylation is 3. The molecule has 0 saturated carbocycles. The molecule has 7 rings (SSSR count). The zero-order valence-corrected chi connectivity index (χ0v) is 26.1. The van der Waals surface area contributed by atoms with E-state index in [2.05, 4.69) is 46.6 Å². The van der Waals surface area contributed by atoms with Crippen molar-refractivity contribution in [1.82, 2.24) is 39.6 Å². The van der Waals surface area contributed by atoms with Crippen molar-refractivity contribution in [3.8, 4) is 17.1 Å². The van der Waals surface area contributed by atoms with Gasteiger partial charge < -0.3 is 25.1 Å². The minimum atomic E-state index is -0.0876. The van der Waals surface area contributed by atoms with Crippen molar-refractivity contribution < 1.29 is 14.3 Å². The van der Waals surface area contributed by atoms with E-state index >= 15 is 0 Å². The summed E-state index contributed by atoms with van der Waals surface area (Å²) < 4.78 is 13.4. The van der Waals surface area contributed by atoms with E-state index in [-0.39, 0.29) is 18.6 Å². The van der Waals surface area contributed by atoms with Crippen LogP contribution in [-0.4, -0.2) is 84.5 Å². The molecule has 1 fully saturated rings. The number of fused-ring (bicyclic) bond motifs is 1. The van der Waals surface area contributed by atoms with Gasteiger partial charge in [0.1, 0.15) is 12.4 Å². The van der Waals surface area contributed by atoms with Gasteiger partial charge in [0.2, 0.25) is 17.7 Å². The second-order valence-electron chi connectivity index (χ2n) is 11.7. The molecule has 4 aromatic heterocycles. The molecule has 2 aliphatic rings. The van der Waals surface area contributed by atoms with E-state index in [1.165, 1.54) is 0 Å². The van der Waals surface area contributed by atoms with Gasteiger partial charge in [0.05, 0.1) is 42.4 Å². The van der Waals surface area contributed by atoms with E-state index in [0.717, 1.165) is 64.1 Å². The maximum atomic E-state index is 13.2. The number of anilines is 3. The largest absolute Gasteiger partial charge is 0.473 e. The molecule has 0 spiro atoms. The Morgan fingerprint density at radius 1 is 1.20 bits per heavy atom. The average molecular weight is 621 g/mol. The molecule has 0 radical (unpaired) electrons. The number of benzene rings is 1. The number of para-hydroxylation sites is 1. The summed E-state index contributed by atoms with van der Waals surface area (Å²) in [5.41, 5.74) is 7.25. The summed E-state index contributed by atoms with van der Waals surface area (Å²) in [6.07, 6.45) is 8.90. The Balaban J connectivity index is 0.997. The third-order valence-corrected chi connectivity index (χ3v) is 8.39. The predicted molar refractivity (Wildman–Crippen MR) is 175 cm³/mol. The highest BCUT2D eigenvalue weighted by Crippen LogP contribution is 2.33. The SMILES string of the molecule is Cc1cnc(Nc2cc(C)n(C)n2)nc1-c1c[nH]c2c(NC(=O)CN3CCC(Oc4cc(C5=CCOCC5)ncn4)C3)cccc12. The van der Waals surface area contributed by atoms with Crippen LogP contribution in [0.25, 0.3) is 27.7 Å². The fourth-order valence-electron chi connectivity index (χ4n) is 5.91. The molecule has 0 aliphatic carbocycles. The molecule has 236 valence electrons. The minimum absolute atomic E-state index is 0.0502. The van der Waals surface area contributed by atoms with Crippen molar-refractivity contribution in [1.29, 1.82) is 0 Å². The lowest BCUT2D eigenvalue weighted by Gasteiger charge is -2.17. The van der Waals surface area contributed by atoms with E-state index in [1.807, 2.05) is 57.4 Å². The first kappa shape index (κ1) is 29.6. The topological polar surface area (TPSA) is 148 Å². The summed E-state index contributed by atoms with van der Waals surface area (Å²) >= 11 is 0. The predicted octanol–water partition coefficient (Wildman–Crippen LogP) is 4.40. The van der Waals surface area contributed by atoms with Crippen LogP contribution >= 0.6 is 0 Å². The molecule has 1 unspecified atom stereocenters. The number of rotatable bonds is 9. The third kappa shape index (κ3) is 6.32. The summed E-state index contributed by atoms with van der Waals surface area (Å²) in [5.74, 6) is 1.61. The second-order valence-corrected chi connectivity index (χ2v) is 11.7. The van der Waals surface area contributed by atoms with E-state index in [9.17, 15) is 4.79 Å². The molecule has 2 aliphatic heterocycles. The van der Waals surface area contributed by atoms with Crippen molar-refractivity contribution in [3.05, 3.63) is 72.1 Å². The van der Waals surface area contributed by atoms with Crippen molar-refractivity contribution in [2.24, 2.45) is 7.05 Å². The number of carbonyl (C=O) groups is 1. The van der Waals surface area contributed by atoms with Gasteiger partial charge in [0, 0.05) is 61.3 Å². The Labute approximate surface area is 266 Å². The zero-order chi connectivity index (χ0) is 31.6. The maximum absolute atomic E-state index is 13.2. The van der Waals surface area contributed by atoms with Gasteiger partial charge in [-0.25, -0.2) is 19.9 Å². The monoisotopic (exact) mass is 620 g/mol. The normalized spacial score (nSPS) is 16.8.